The monoisotopic (exact) mass is 280 g/mol. The van der Waals surface area contributed by atoms with Crippen molar-refractivity contribution in [2.75, 3.05) is 7.11 Å². The summed E-state index contributed by atoms with van der Waals surface area (Å²) in [6.45, 7) is 4.27. The second-order valence-corrected chi connectivity index (χ2v) is 6.19. The zero-order chi connectivity index (χ0) is 14.3. The molecular weight excluding hydrogens is 260 g/mol. The third kappa shape index (κ3) is 5.92. The molecule has 0 amide bonds. The quantitative estimate of drug-likeness (QED) is 0.434. The number of hydrogen-bond donors (Lipinski definition) is 0. The van der Waals surface area contributed by atoms with Crippen molar-refractivity contribution in [2.45, 2.75) is 43.3 Å². The molecule has 0 heterocycles. The molecule has 0 aliphatic carbocycles. The molecule has 0 spiro atoms. The van der Waals surface area contributed by atoms with Crippen LogP contribution in [0.1, 0.15) is 43.5 Å². The number of benzene rings is 1. The smallest absolute Gasteiger partial charge is 0.305 e. The van der Waals surface area contributed by atoms with Gasteiger partial charge in [-0.05, 0) is 18.6 Å². The second-order valence-electron chi connectivity index (χ2n) is 4.54. The number of carbonyl (C=O) groups is 2. The Balaban J connectivity index is 2.46. The topological polar surface area (TPSA) is 43.4 Å². The molecule has 0 aliphatic heterocycles. The highest BCUT2D eigenvalue weighted by Crippen LogP contribution is 2.23. The molecule has 0 radical (unpaired) electrons. The molecule has 3 nitrogen and oxygen atoms in total. The molecule has 0 aliphatic rings. The molecule has 0 atom stereocenters. The number of Topliss-reactive ketones (excluding diaryl/α,β-unsaturated/α-hetero) is 1. The van der Waals surface area contributed by atoms with E-state index in [1.807, 2.05) is 24.3 Å². The molecule has 1 aromatic rings. The number of rotatable bonds is 7. The average molecular weight is 280 g/mol. The van der Waals surface area contributed by atoms with Crippen LogP contribution in [-0.2, 0) is 9.53 Å². The Bertz CT molecular complexity index is 424. The Morgan fingerprint density at radius 3 is 2.32 bits per heavy atom. The van der Waals surface area contributed by atoms with E-state index < -0.39 is 0 Å². The summed E-state index contributed by atoms with van der Waals surface area (Å²) in [5, 5.41) is 0.529. The lowest BCUT2D eigenvalue weighted by molar-refractivity contribution is -0.140. The van der Waals surface area contributed by atoms with E-state index in [9.17, 15) is 9.59 Å². The molecule has 19 heavy (non-hydrogen) atoms. The summed E-state index contributed by atoms with van der Waals surface area (Å²) >= 11 is 1.77. The van der Waals surface area contributed by atoms with Crippen LogP contribution in [0.25, 0.3) is 0 Å². The van der Waals surface area contributed by atoms with Crippen molar-refractivity contribution in [2.24, 2.45) is 0 Å². The highest BCUT2D eigenvalue weighted by molar-refractivity contribution is 7.99. The zero-order valence-corrected chi connectivity index (χ0v) is 12.5. The minimum Gasteiger partial charge on any atom is -0.469 e. The first-order valence-corrected chi connectivity index (χ1v) is 7.27. The van der Waals surface area contributed by atoms with Gasteiger partial charge in [-0.3, -0.25) is 9.59 Å². The van der Waals surface area contributed by atoms with Gasteiger partial charge in [0.2, 0.25) is 0 Å². The van der Waals surface area contributed by atoms with Gasteiger partial charge in [0.05, 0.1) is 7.11 Å². The lowest BCUT2D eigenvalue weighted by Gasteiger charge is -2.06. The molecule has 1 aromatic carbocycles. The minimum atomic E-state index is -0.267. The van der Waals surface area contributed by atoms with Gasteiger partial charge >= 0.3 is 5.97 Å². The molecule has 0 aromatic heterocycles. The fourth-order valence-corrected chi connectivity index (χ4v) is 2.47. The number of thioether (sulfide) groups is 1. The molecular formula is C15H20O3S. The molecule has 104 valence electrons. The predicted octanol–water partition coefficient (Wildman–Crippen LogP) is 3.71. The Morgan fingerprint density at radius 1 is 1.16 bits per heavy atom. The van der Waals surface area contributed by atoms with Crippen molar-refractivity contribution in [1.29, 1.82) is 0 Å². The van der Waals surface area contributed by atoms with E-state index in [-0.39, 0.29) is 11.8 Å². The molecule has 0 unspecified atom stereocenters. The van der Waals surface area contributed by atoms with Gasteiger partial charge in [-0.2, -0.15) is 0 Å². The molecule has 4 heteroatoms. The van der Waals surface area contributed by atoms with Crippen molar-refractivity contribution in [3.05, 3.63) is 29.8 Å². The van der Waals surface area contributed by atoms with Crippen LogP contribution in [-0.4, -0.2) is 24.1 Å². The number of carbonyl (C=O) groups excluding carboxylic acids is 2. The van der Waals surface area contributed by atoms with E-state index in [4.69, 9.17) is 0 Å². The van der Waals surface area contributed by atoms with Gasteiger partial charge in [0.1, 0.15) is 0 Å². The molecule has 0 fully saturated rings. The van der Waals surface area contributed by atoms with Gasteiger partial charge in [-0.1, -0.05) is 26.0 Å². The van der Waals surface area contributed by atoms with Crippen LogP contribution in [0.2, 0.25) is 0 Å². The van der Waals surface area contributed by atoms with Crippen molar-refractivity contribution in [1.82, 2.24) is 0 Å². The average Bonchev–Trinajstić information content (AvgIpc) is 2.38. The third-order valence-electron chi connectivity index (χ3n) is 2.56. The first-order chi connectivity index (χ1) is 9.02. The number of hydrogen-bond acceptors (Lipinski definition) is 4. The van der Waals surface area contributed by atoms with E-state index in [1.165, 1.54) is 12.0 Å². The van der Waals surface area contributed by atoms with Gasteiger partial charge in [0, 0.05) is 28.6 Å². The molecule has 0 N–H and O–H groups in total. The van der Waals surface area contributed by atoms with Crippen molar-refractivity contribution in [3.8, 4) is 0 Å². The third-order valence-corrected chi connectivity index (χ3v) is 3.58. The van der Waals surface area contributed by atoms with Gasteiger partial charge < -0.3 is 4.74 Å². The summed E-state index contributed by atoms with van der Waals surface area (Å²) in [6.07, 6.45) is 1.21. The van der Waals surface area contributed by atoms with Crippen LogP contribution in [0.5, 0.6) is 0 Å². The molecule has 0 bridgehead atoms. The minimum absolute atomic E-state index is 0.0741. The lowest BCUT2D eigenvalue weighted by Crippen LogP contribution is -2.03. The van der Waals surface area contributed by atoms with Gasteiger partial charge in [0.15, 0.2) is 5.78 Å². The van der Waals surface area contributed by atoms with E-state index in [0.717, 1.165) is 0 Å². The summed E-state index contributed by atoms with van der Waals surface area (Å²) in [4.78, 5) is 24.0. The van der Waals surface area contributed by atoms with E-state index in [1.54, 1.807) is 11.8 Å². The highest BCUT2D eigenvalue weighted by Gasteiger charge is 2.08. The van der Waals surface area contributed by atoms with Gasteiger partial charge in [-0.15, -0.1) is 11.8 Å². The lowest BCUT2D eigenvalue weighted by atomic mass is 10.1. The van der Waals surface area contributed by atoms with E-state index >= 15 is 0 Å². The number of methoxy groups -OCH3 is 1. The number of ketones is 1. The van der Waals surface area contributed by atoms with E-state index in [0.29, 0.717) is 30.1 Å². The summed E-state index contributed by atoms with van der Waals surface area (Å²) < 4.78 is 4.54. The maximum atomic E-state index is 11.9. The molecule has 1 rings (SSSR count). The van der Waals surface area contributed by atoms with Gasteiger partial charge in [0.25, 0.3) is 0 Å². The summed E-state index contributed by atoms with van der Waals surface area (Å²) in [5.74, 6) is -0.193. The van der Waals surface area contributed by atoms with Crippen LogP contribution in [0.15, 0.2) is 29.2 Å². The maximum Gasteiger partial charge on any atom is 0.305 e. The van der Waals surface area contributed by atoms with Crippen LogP contribution >= 0.6 is 11.8 Å². The highest BCUT2D eigenvalue weighted by atomic mass is 32.2. The summed E-state index contributed by atoms with van der Waals surface area (Å²) in [6, 6.07) is 7.65. The van der Waals surface area contributed by atoms with Gasteiger partial charge in [-0.25, -0.2) is 0 Å². The summed E-state index contributed by atoms with van der Waals surface area (Å²) in [5.41, 5.74) is 0.706. The Labute approximate surface area is 118 Å². The van der Waals surface area contributed by atoms with Crippen molar-refractivity contribution < 1.29 is 14.3 Å². The fourth-order valence-electron chi connectivity index (χ4n) is 1.63. The second kappa shape index (κ2) is 8.00. The SMILES string of the molecule is COC(=O)CCCC(=O)c1ccc(SC(C)C)cc1. The Kier molecular flexibility index (Phi) is 6.64. The zero-order valence-electron chi connectivity index (χ0n) is 11.6. The largest absolute Gasteiger partial charge is 0.469 e. The van der Waals surface area contributed by atoms with Crippen LogP contribution < -0.4 is 0 Å². The van der Waals surface area contributed by atoms with Crippen LogP contribution in [0.4, 0.5) is 0 Å². The molecule has 0 saturated carbocycles. The van der Waals surface area contributed by atoms with E-state index in [2.05, 4.69) is 18.6 Å². The Hall–Kier alpha value is -1.29. The first-order valence-electron chi connectivity index (χ1n) is 6.39. The first kappa shape index (κ1) is 15.8. The normalized spacial score (nSPS) is 10.5. The van der Waals surface area contributed by atoms with Crippen LogP contribution in [0.3, 0.4) is 0 Å². The fraction of sp³-hybridized carbons (Fsp3) is 0.467. The maximum absolute atomic E-state index is 11.9. The van der Waals surface area contributed by atoms with Crippen molar-refractivity contribution in [3.63, 3.8) is 0 Å². The molecule has 0 saturated heterocycles. The Morgan fingerprint density at radius 2 is 1.79 bits per heavy atom. The standard InChI is InChI=1S/C15H20O3S/c1-11(2)19-13-9-7-12(8-10-13)14(16)5-4-6-15(17)18-3/h7-11H,4-6H2,1-3H3. The predicted molar refractivity (Wildman–Crippen MR) is 77.6 cm³/mol. The summed E-state index contributed by atoms with van der Waals surface area (Å²) in [7, 11) is 1.36. The van der Waals surface area contributed by atoms with Crippen LogP contribution in [0, 0.1) is 0 Å². The number of ether oxygens (including phenoxy) is 1. The number of esters is 1. The van der Waals surface area contributed by atoms with Crippen molar-refractivity contribution >= 4 is 23.5 Å².